The molecule has 3 amide bonds. The first-order valence-corrected chi connectivity index (χ1v) is 9.82. The van der Waals surface area contributed by atoms with Crippen LogP contribution in [0.2, 0.25) is 0 Å². The summed E-state index contributed by atoms with van der Waals surface area (Å²) in [5.74, 6) is -0.463. The van der Waals surface area contributed by atoms with Gasteiger partial charge in [0.2, 0.25) is 17.7 Å². The lowest BCUT2D eigenvalue weighted by Gasteiger charge is -2.14. The number of rotatable bonds is 4. The number of halogens is 1. The normalized spacial score (nSPS) is 16.3. The minimum Gasteiger partial charge on any atom is -0.326 e. The molecule has 3 aromatic rings. The fourth-order valence-electron chi connectivity index (χ4n) is 3.36. The second-order valence-corrected chi connectivity index (χ2v) is 7.81. The maximum Gasteiger partial charge on any atom is 0.229 e. The van der Waals surface area contributed by atoms with Gasteiger partial charge < -0.3 is 10.6 Å². The van der Waals surface area contributed by atoms with Gasteiger partial charge in [0.15, 0.2) is 5.82 Å². The van der Waals surface area contributed by atoms with Crippen LogP contribution in [0.5, 0.6) is 0 Å². The van der Waals surface area contributed by atoms with Crippen molar-refractivity contribution >= 4 is 61.7 Å². The molecule has 8 nitrogen and oxygen atoms in total. The largest absolute Gasteiger partial charge is 0.326 e. The number of hydrogen-bond acceptors (Lipinski definition) is 4. The minimum atomic E-state index is -0.472. The summed E-state index contributed by atoms with van der Waals surface area (Å²) in [5, 5.41) is 13.5. The Morgan fingerprint density at radius 1 is 1.14 bits per heavy atom. The number of carbonyl (C=O) groups excluding carboxylic acids is 3. The molecule has 0 bridgehead atoms. The van der Waals surface area contributed by atoms with E-state index in [-0.39, 0.29) is 30.7 Å². The molecule has 2 aromatic carbocycles. The molecule has 2 heterocycles. The first kappa shape index (κ1) is 19.1. The molecule has 0 spiro atoms. The Morgan fingerprint density at radius 2 is 1.83 bits per heavy atom. The molecule has 0 aliphatic carbocycles. The second kappa shape index (κ2) is 7.67. The molecule has 1 aliphatic rings. The van der Waals surface area contributed by atoms with E-state index in [0.29, 0.717) is 17.2 Å². The molecule has 1 unspecified atom stereocenters. The van der Waals surface area contributed by atoms with Crippen LogP contribution < -0.4 is 15.5 Å². The van der Waals surface area contributed by atoms with Gasteiger partial charge in [0.25, 0.3) is 0 Å². The van der Waals surface area contributed by atoms with Crippen molar-refractivity contribution in [2.75, 3.05) is 22.1 Å². The van der Waals surface area contributed by atoms with Crippen LogP contribution in [-0.4, -0.2) is 34.5 Å². The van der Waals surface area contributed by atoms with E-state index in [2.05, 4.69) is 36.8 Å². The van der Waals surface area contributed by atoms with Crippen LogP contribution in [0.15, 0.2) is 46.9 Å². The maximum atomic E-state index is 12.7. The number of H-pyrrole nitrogens is 1. The predicted octanol–water partition coefficient (Wildman–Crippen LogP) is 3.28. The van der Waals surface area contributed by atoms with E-state index < -0.39 is 5.92 Å². The fourth-order valence-corrected chi connectivity index (χ4v) is 3.72. The molecule has 148 valence electrons. The molecular formula is C20H18BrN5O3. The predicted molar refractivity (Wildman–Crippen MR) is 114 cm³/mol. The Balaban J connectivity index is 1.45. The maximum absolute atomic E-state index is 12.7. The summed E-state index contributed by atoms with van der Waals surface area (Å²) in [6.45, 7) is 1.70. The van der Waals surface area contributed by atoms with Crippen LogP contribution in [-0.2, 0) is 14.4 Å². The molecule has 0 radical (unpaired) electrons. The monoisotopic (exact) mass is 455 g/mol. The van der Waals surface area contributed by atoms with Crippen molar-refractivity contribution in [1.29, 1.82) is 0 Å². The van der Waals surface area contributed by atoms with Crippen molar-refractivity contribution < 1.29 is 14.4 Å². The molecule has 3 N–H and O–H groups in total. The summed E-state index contributed by atoms with van der Waals surface area (Å²) >= 11 is 3.41. The third-order valence-electron chi connectivity index (χ3n) is 4.73. The van der Waals surface area contributed by atoms with Gasteiger partial charge in [-0.1, -0.05) is 15.9 Å². The molecule has 1 aliphatic heterocycles. The van der Waals surface area contributed by atoms with Gasteiger partial charge in [-0.3, -0.25) is 24.4 Å². The van der Waals surface area contributed by atoms with Crippen LogP contribution in [0.4, 0.5) is 17.2 Å². The van der Waals surface area contributed by atoms with Gasteiger partial charge in [0.05, 0.1) is 11.4 Å². The standard InChI is InChI=1S/C20H18BrN5O3/c1-11(27)22-14-3-5-15(6-4-14)23-20(29)12-8-18(28)26(10-12)19-16-7-2-13(21)9-17(16)24-25-19/h2-7,9,12H,8,10H2,1H3,(H,22,27)(H,23,29)(H,24,25). The zero-order valence-electron chi connectivity index (χ0n) is 15.5. The molecular weight excluding hydrogens is 438 g/mol. The number of fused-ring (bicyclic) bond motifs is 1. The van der Waals surface area contributed by atoms with Crippen molar-refractivity contribution in [2.24, 2.45) is 5.92 Å². The van der Waals surface area contributed by atoms with Gasteiger partial charge in [0.1, 0.15) is 0 Å². The zero-order chi connectivity index (χ0) is 20.5. The van der Waals surface area contributed by atoms with Gasteiger partial charge in [-0.25, -0.2) is 0 Å². The van der Waals surface area contributed by atoms with E-state index in [1.165, 1.54) is 6.92 Å². The quantitative estimate of drug-likeness (QED) is 0.560. The van der Waals surface area contributed by atoms with E-state index in [4.69, 9.17) is 0 Å². The van der Waals surface area contributed by atoms with Gasteiger partial charge in [0, 0.05) is 41.1 Å². The SMILES string of the molecule is CC(=O)Nc1ccc(NC(=O)C2CC(=O)N(c3n[nH]c4cc(Br)ccc34)C2)cc1. The highest BCUT2D eigenvalue weighted by molar-refractivity contribution is 9.10. The highest BCUT2D eigenvalue weighted by Crippen LogP contribution is 2.31. The van der Waals surface area contributed by atoms with Crippen LogP contribution in [0, 0.1) is 5.92 Å². The van der Waals surface area contributed by atoms with Gasteiger partial charge in [-0.15, -0.1) is 0 Å². The molecule has 1 saturated heterocycles. The van der Waals surface area contributed by atoms with Crippen LogP contribution >= 0.6 is 15.9 Å². The van der Waals surface area contributed by atoms with Crippen molar-refractivity contribution in [1.82, 2.24) is 10.2 Å². The third-order valence-corrected chi connectivity index (χ3v) is 5.22. The van der Waals surface area contributed by atoms with Gasteiger partial charge in [-0.05, 0) is 42.5 Å². The fraction of sp³-hybridized carbons (Fsp3) is 0.200. The molecule has 0 saturated carbocycles. The first-order chi connectivity index (χ1) is 13.9. The average molecular weight is 456 g/mol. The molecule has 9 heteroatoms. The molecule has 29 heavy (non-hydrogen) atoms. The summed E-state index contributed by atoms with van der Waals surface area (Å²) in [4.78, 5) is 37.8. The number of aromatic amines is 1. The zero-order valence-corrected chi connectivity index (χ0v) is 17.1. The smallest absolute Gasteiger partial charge is 0.229 e. The highest BCUT2D eigenvalue weighted by Gasteiger charge is 2.36. The lowest BCUT2D eigenvalue weighted by atomic mass is 10.1. The third kappa shape index (κ3) is 4.00. The Kier molecular flexibility index (Phi) is 5.06. The van der Waals surface area contributed by atoms with Gasteiger partial charge in [-0.2, -0.15) is 5.10 Å². The lowest BCUT2D eigenvalue weighted by molar-refractivity contribution is -0.122. The number of benzene rings is 2. The molecule has 4 rings (SSSR count). The Labute approximate surface area is 174 Å². The van der Waals surface area contributed by atoms with Gasteiger partial charge >= 0.3 is 0 Å². The Bertz CT molecular complexity index is 1110. The topological polar surface area (TPSA) is 107 Å². The highest BCUT2D eigenvalue weighted by atomic mass is 79.9. The summed E-state index contributed by atoms with van der Waals surface area (Å²) in [5.41, 5.74) is 2.06. The summed E-state index contributed by atoms with van der Waals surface area (Å²) in [6.07, 6.45) is 0.126. The Hall–Kier alpha value is -3.20. The molecule has 1 atom stereocenters. The number of hydrogen-bond donors (Lipinski definition) is 3. The van der Waals surface area contributed by atoms with E-state index >= 15 is 0 Å². The number of amides is 3. The number of anilines is 3. The minimum absolute atomic E-state index is 0.126. The Morgan fingerprint density at radius 3 is 2.52 bits per heavy atom. The first-order valence-electron chi connectivity index (χ1n) is 9.03. The van der Waals surface area contributed by atoms with Crippen molar-refractivity contribution in [2.45, 2.75) is 13.3 Å². The number of aromatic nitrogens is 2. The summed E-state index contributed by atoms with van der Waals surface area (Å²) < 4.78 is 0.912. The van der Waals surface area contributed by atoms with E-state index in [0.717, 1.165) is 15.4 Å². The van der Waals surface area contributed by atoms with Crippen LogP contribution in [0.1, 0.15) is 13.3 Å². The second-order valence-electron chi connectivity index (χ2n) is 6.89. The average Bonchev–Trinajstić information content (AvgIpc) is 3.25. The number of nitrogens with one attached hydrogen (secondary N) is 3. The van der Waals surface area contributed by atoms with E-state index in [1.807, 2.05) is 18.2 Å². The number of carbonyl (C=O) groups is 3. The van der Waals surface area contributed by atoms with Crippen LogP contribution in [0.25, 0.3) is 10.9 Å². The van der Waals surface area contributed by atoms with Crippen molar-refractivity contribution in [3.05, 3.63) is 46.9 Å². The van der Waals surface area contributed by atoms with E-state index in [9.17, 15) is 14.4 Å². The number of nitrogens with zero attached hydrogens (tertiary/aromatic N) is 2. The van der Waals surface area contributed by atoms with Crippen LogP contribution in [0.3, 0.4) is 0 Å². The summed E-state index contributed by atoms with van der Waals surface area (Å²) in [6, 6.07) is 12.5. The summed E-state index contributed by atoms with van der Waals surface area (Å²) in [7, 11) is 0. The molecule has 1 fully saturated rings. The van der Waals surface area contributed by atoms with Crippen molar-refractivity contribution in [3.8, 4) is 0 Å². The van der Waals surface area contributed by atoms with Crippen molar-refractivity contribution in [3.63, 3.8) is 0 Å². The van der Waals surface area contributed by atoms with E-state index in [1.54, 1.807) is 29.2 Å². The molecule has 1 aromatic heterocycles. The lowest BCUT2D eigenvalue weighted by Crippen LogP contribution is -2.28.